The van der Waals surface area contributed by atoms with E-state index in [0.717, 1.165) is 4.31 Å². The van der Waals surface area contributed by atoms with Gasteiger partial charge in [-0.15, -0.1) is 0 Å². The predicted octanol–water partition coefficient (Wildman–Crippen LogP) is 4.65. The summed E-state index contributed by atoms with van der Waals surface area (Å²) in [7, 11) is -2.78. The van der Waals surface area contributed by atoms with Gasteiger partial charge in [0.1, 0.15) is 4.90 Å². The van der Waals surface area contributed by atoms with E-state index in [4.69, 9.17) is 34.8 Å². The molecule has 0 bridgehead atoms. The third-order valence-electron chi connectivity index (χ3n) is 3.39. The Balaban J connectivity index is 2.59. The highest BCUT2D eigenvalue weighted by Gasteiger charge is 2.27. The van der Waals surface area contributed by atoms with Gasteiger partial charge in [0, 0.05) is 11.6 Å². The second-order valence-corrected chi connectivity index (χ2v) is 7.98. The summed E-state index contributed by atoms with van der Waals surface area (Å²) in [6, 6.07) is 8.46. The van der Waals surface area contributed by atoms with Gasteiger partial charge < -0.3 is 4.74 Å². The number of carbonyl (C=O) groups excluding carboxylic acids is 1. The molecule has 9 heteroatoms. The van der Waals surface area contributed by atoms with Gasteiger partial charge in [-0.1, -0.05) is 34.8 Å². The molecule has 0 amide bonds. The monoisotopic (exact) mass is 421 g/mol. The maximum Gasteiger partial charge on any atom is 0.339 e. The van der Waals surface area contributed by atoms with E-state index in [1.165, 1.54) is 43.5 Å². The third kappa shape index (κ3) is 4.03. The largest absolute Gasteiger partial charge is 0.465 e. The summed E-state index contributed by atoms with van der Waals surface area (Å²) in [6.45, 7) is 1.76. The first-order valence-electron chi connectivity index (χ1n) is 7.08. The summed E-state index contributed by atoms with van der Waals surface area (Å²) in [6.07, 6.45) is 0. The number of anilines is 1. The van der Waals surface area contributed by atoms with Gasteiger partial charge in [0.2, 0.25) is 0 Å². The van der Waals surface area contributed by atoms with Gasteiger partial charge >= 0.3 is 5.97 Å². The van der Waals surface area contributed by atoms with Crippen molar-refractivity contribution in [3.8, 4) is 0 Å². The molecule has 2 aromatic rings. The second kappa shape index (κ2) is 7.83. The number of ether oxygens (including phenoxy) is 1. The molecule has 0 spiro atoms. The highest BCUT2D eigenvalue weighted by molar-refractivity contribution is 7.93. The van der Waals surface area contributed by atoms with Gasteiger partial charge in [-0.3, -0.25) is 4.31 Å². The van der Waals surface area contributed by atoms with E-state index >= 15 is 0 Å². The minimum atomic E-state index is -4.00. The van der Waals surface area contributed by atoms with Gasteiger partial charge in [-0.05, 0) is 43.3 Å². The van der Waals surface area contributed by atoms with Crippen LogP contribution < -0.4 is 4.31 Å². The van der Waals surface area contributed by atoms with Crippen LogP contribution in [0.2, 0.25) is 15.1 Å². The number of hydrogen-bond acceptors (Lipinski definition) is 4. The molecular weight excluding hydrogens is 409 g/mol. The molecule has 0 N–H and O–H groups in total. The maximum absolute atomic E-state index is 13.0. The normalized spacial score (nSPS) is 11.2. The molecule has 0 aliphatic rings. The fraction of sp³-hybridized carbons (Fsp3) is 0.188. The topological polar surface area (TPSA) is 63.7 Å². The Hall–Kier alpha value is -1.47. The van der Waals surface area contributed by atoms with E-state index < -0.39 is 16.0 Å². The number of halogens is 3. The van der Waals surface area contributed by atoms with Crippen molar-refractivity contribution in [2.75, 3.05) is 18.0 Å². The van der Waals surface area contributed by atoms with Crippen molar-refractivity contribution in [3.05, 3.63) is 57.0 Å². The third-order valence-corrected chi connectivity index (χ3v) is 6.34. The van der Waals surface area contributed by atoms with Crippen LogP contribution in [-0.4, -0.2) is 28.0 Å². The average Bonchev–Trinajstić information content (AvgIpc) is 2.58. The molecule has 0 heterocycles. The lowest BCUT2D eigenvalue weighted by molar-refractivity contribution is 0.0601. The van der Waals surface area contributed by atoms with Crippen LogP contribution in [0.4, 0.5) is 5.69 Å². The molecule has 5 nitrogen and oxygen atoms in total. The zero-order valence-corrected chi connectivity index (χ0v) is 16.4. The first kappa shape index (κ1) is 19.8. The molecule has 0 saturated heterocycles. The zero-order valence-electron chi connectivity index (χ0n) is 13.3. The Bertz CT molecular complexity index is 916. The lowest BCUT2D eigenvalue weighted by atomic mass is 10.2. The Morgan fingerprint density at radius 2 is 1.72 bits per heavy atom. The lowest BCUT2D eigenvalue weighted by Gasteiger charge is -2.24. The number of hydrogen-bond donors (Lipinski definition) is 0. The Labute approximate surface area is 161 Å². The van der Waals surface area contributed by atoms with Gasteiger partial charge in [-0.2, -0.15) is 0 Å². The molecule has 0 saturated carbocycles. The van der Waals surface area contributed by atoms with Crippen LogP contribution in [0.3, 0.4) is 0 Å². The first-order valence-corrected chi connectivity index (χ1v) is 9.65. The quantitative estimate of drug-likeness (QED) is 0.658. The molecule has 2 rings (SSSR count). The number of esters is 1. The van der Waals surface area contributed by atoms with Crippen LogP contribution in [0.15, 0.2) is 41.3 Å². The molecule has 0 aliphatic carbocycles. The lowest BCUT2D eigenvalue weighted by Crippen LogP contribution is -2.31. The highest BCUT2D eigenvalue weighted by Crippen LogP contribution is 2.32. The van der Waals surface area contributed by atoms with Crippen molar-refractivity contribution < 1.29 is 17.9 Å². The van der Waals surface area contributed by atoms with E-state index in [1.54, 1.807) is 6.92 Å². The summed E-state index contributed by atoms with van der Waals surface area (Å²) >= 11 is 17.9. The molecule has 2 aromatic carbocycles. The van der Waals surface area contributed by atoms with Crippen LogP contribution in [0.5, 0.6) is 0 Å². The van der Waals surface area contributed by atoms with Gasteiger partial charge in [0.05, 0.1) is 28.4 Å². The van der Waals surface area contributed by atoms with Crippen LogP contribution in [0, 0.1) is 0 Å². The molecule has 0 aliphatic heterocycles. The maximum atomic E-state index is 13.0. The zero-order chi connectivity index (χ0) is 18.8. The number of carbonyl (C=O) groups is 1. The first-order chi connectivity index (χ1) is 11.7. The minimum Gasteiger partial charge on any atom is -0.465 e. The van der Waals surface area contributed by atoms with Crippen molar-refractivity contribution in [2.24, 2.45) is 0 Å². The molecule has 25 heavy (non-hydrogen) atoms. The molecule has 134 valence electrons. The van der Waals surface area contributed by atoms with E-state index in [0.29, 0.717) is 0 Å². The molecular formula is C16H14Cl3NO4S. The second-order valence-electron chi connectivity index (χ2n) is 4.90. The molecule has 0 aromatic heterocycles. The van der Waals surface area contributed by atoms with Crippen LogP contribution in [0.1, 0.15) is 17.3 Å². The highest BCUT2D eigenvalue weighted by atomic mass is 35.5. The Morgan fingerprint density at radius 1 is 1.08 bits per heavy atom. The number of sulfonamides is 1. The van der Waals surface area contributed by atoms with E-state index in [9.17, 15) is 13.2 Å². The Kier molecular flexibility index (Phi) is 6.21. The smallest absolute Gasteiger partial charge is 0.339 e. The van der Waals surface area contributed by atoms with E-state index in [-0.39, 0.29) is 37.8 Å². The predicted molar refractivity (Wildman–Crippen MR) is 99.5 cm³/mol. The van der Waals surface area contributed by atoms with Crippen molar-refractivity contribution in [1.29, 1.82) is 0 Å². The number of benzene rings is 2. The van der Waals surface area contributed by atoms with Crippen LogP contribution in [-0.2, 0) is 14.8 Å². The summed E-state index contributed by atoms with van der Waals surface area (Å²) in [5, 5.41) is 0.445. The van der Waals surface area contributed by atoms with Crippen molar-refractivity contribution >= 4 is 56.5 Å². The summed E-state index contributed by atoms with van der Waals surface area (Å²) in [5.41, 5.74) is 0.316. The number of methoxy groups -OCH3 is 1. The van der Waals surface area contributed by atoms with Crippen molar-refractivity contribution in [1.82, 2.24) is 0 Å². The van der Waals surface area contributed by atoms with Gasteiger partial charge in [0.15, 0.2) is 0 Å². The fourth-order valence-electron chi connectivity index (χ4n) is 2.22. The molecule has 0 fully saturated rings. The molecule has 0 unspecified atom stereocenters. The standard InChI is InChI=1S/C16H14Cl3NO4S/c1-3-20(11-5-7-13(18)12(9-11)16(21)24-2)25(22,23)15-8-10(17)4-6-14(15)19/h4-9H,3H2,1-2H3. The van der Waals surface area contributed by atoms with Gasteiger partial charge in [-0.25, -0.2) is 13.2 Å². The van der Waals surface area contributed by atoms with Gasteiger partial charge in [0.25, 0.3) is 10.0 Å². The fourth-order valence-corrected chi connectivity index (χ4v) is 4.62. The molecule has 0 atom stereocenters. The average molecular weight is 423 g/mol. The SMILES string of the molecule is CCN(c1ccc(Cl)c(C(=O)OC)c1)S(=O)(=O)c1cc(Cl)ccc1Cl. The summed E-state index contributed by atoms with van der Waals surface area (Å²) in [5.74, 6) is -0.666. The summed E-state index contributed by atoms with van der Waals surface area (Å²) in [4.78, 5) is 11.7. The number of rotatable bonds is 5. The van der Waals surface area contributed by atoms with Crippen LogP contribution in [0.25, 0.3) is 0 Å². The summed E-state index contributed by atoms with van der Waals surface area (Å²) < 4.78 is 31.8. The van der Waals surface area contributed by atoms with Crippen molar-refractivity contribution in [3.63, 3.8) is 0 Å². The van der Waals surface area contributed by atoms with E-state index in [1.807, 2.05) is 0 Å². The number of nitrogens with zero attached hydrogens (tertiary/aromatic N) is 1. The van der Waals surface area contributed by atoms with E-state index in [2.05, 4.69) is 4.74 Å². The Morgan fingerprint density at radius 3 is 2.32 bits per heavy atom. The minimum absolute atomic E-state index is 0.0463. The molecule has 0 radical (unpaired) electrons. The van der Waals surface area contributed by atoms with Crippen LogP contribution >= 0.6 is 34.8 Å². The van der Waals surface area contributed by atoms with Crippen molar-refractivity contribution in [2.45, 2.75) is 11.8 Å².